The monoisotopic (exact) mass is 271 g/mol. The van der Waals surface area contributed by atoms with E-state index >= 15 is 0 Å². The molecular weight excluding hydrogens is 258 g/mol. The molecule has 20 heavy (non-hydrogen) atoms. The van der Waals surface area contributed by atoms with Crippen molar-refractivity contribution in [2.24, 2.45) is 0 Å². The van der Waals surface area contributed by atoms with Gasteiger partial charge in [0.2, 0.25) is 0 Å². The van der Waals surface area contributed by atoms with E-state index in [0.29, 0.717) is 41.9 Å². The lowest BCUT2D eigenvalue weighted by Gasteiger charge is -2.18. The summed E-state index contributed by atoms with van der Waals surface area (Å²) in [5.41, 5.74) is 0.961. The fraction of sp³-hybridized carbons (Fsp3) is 0.214. The molecule has 6 nitrogen and oxygen atoms in total. The lowest BCUT2D eigenvalue weighted by molar-refractivity contribution is 0.102. The quantitative estimate of drug-likeness (QED) is 0.901. The summed E-state index contributed by atoms with van der Waals surface area (Å²) < 4.78 is 10.9. The minimum absolute atomic E-state index is 0.285. The van der Waals surface area contributed by atoms with Crippen LogP contribution in [0.3, 0.4) is 0 Å². The molecule has 0 atom stereocenters. The minimum Gasteiger partial charge on any atom is -0.486 e. The Morgan fingerprint density at radius 3 is 2.80 bits per heavy atom. The van der Waals surface area contributed by atoms with Crippen molar-refractivity contribution < 1.29 is 14.3 Å². The largest absolute Gasteiger partial charge is 0.486 e. The van der Waals surface area contributed by atoms with Gasteiger partial charge in [-0.05, 0) is 25.1 Å². The molecule has 102 valence electrons. The smallest absolute Gasteiger partial charge is 0.274 e. The van der Waals surface area contributed by atoms with Crippen molar-refractivity contribution in [3.63, 3.8) is 0 Å². The molecule has 0 saturated heterocycles. The van der Waals surface area contributed by atoms with Crippen molar-refractivity contribution in [3.05, 3.63) is 42.0 Å². The number of hydrogen-bond acceptors (Lipinski definition) is 5. The number of hydrogen-bond donors (Lipinski definition) is 1. The van der Waals surface area contributed by atoms with Crippen molar-refractivity contribution >= 4 is 11.6 Å². The summed E-state index contributed by atoms with van der Waals surface area (Å²) in [5.74, 6) is 1.59. The van der Waals surface area contributed by atoms with Gasteiger partial charge in [-0.15, -0.1) is 0 Å². The number of benzene rings is 1. The average molecular weight is 271 g/mol. The fourth-order valence-corrected chi connectivity index (χ4v) is 1.90. The van der Waals surface area contributed by atoms with Gasteiger partial charge in [-0.1, -0.05) is 0 Å². The zero-order valence-corrected chi connectivity index (χ0v) is 10.9. The molecule has 0 saturated carbocycles. The molecule has 1 aromatic carbocycles. The maximum Gasteiger partial charge on any atom is 0.274 e. The fourth-order valence-electron chi connectivity index (χ4n) is 1.90. The lowest BCUT2D eigenvalue weighted by Crippen LogP contribution is -2.17. The molecule has 0 spiro atoms. The van der Waals surface area contributed by atoms with E-state index in [2.05, 4.69) is 15.3 Å². The number of anilines is 1. The van der Waals surface area contributed by atoms with Crippen LogP contribution in [0.1, 0.15) is 16.3 Å². The van der Waals surface area contributed by atoms with Crippen LogP contribution in [0, 0.1) is 6.92 Å². The minimum atomic E-state index is -0.285. The number of aromatic nitrogens is 2. The third kappa shape index (κ3) is 2.54. The second kappa shape index (κ2) is 5.16. The van der Waals surface area contributed by atoms with E-state index in [1.54, 1.807) is 37.4 Å². The molecule has 0 unspecified atom stereocenters. The van der Waals surface area contributed by atoms with Crippen LogP contribution in [-0.4, -0.2) is 29.1 Å². The van der Waals surface area contributed by atoms with Crippen LogP contribution in [0.4, 0.5) is 5.69 Å². The molecule has 1 amide bonds. The third-order valence-electron chi connectivity index (χ3n) is 2.81. The van der Waals surface area contributed by atoms with E-state index in [4.69, 9.17) is 9.47 Å². The summed E-state index contributed by atoms with van der Waals surface area (Å²) in [5, 5.41) is 2.77. The zero-order chi connectivity index (χ0) is 13.9. The second-order valence-corrected chi connectivity index (χ2v) is 4.30. The molecule has 2 aromatic rings. The summed E-state index contributed by atoms with van der Waals surface area (Å²) in [6.07, 6.45) is 1.56. The first-order valence-corrected chi connectivity index (χ1v) is 6.23. The van der Waals surface area contributed by atoms with Gasteiger partial charge in [-0.3, -0.25) is 4.79 Å². The number of carbonyl (C=O) groups is 1. The molecule has 6 heteroatoms. The van der Waals surface area contributed by atoms with Crippen LogP contribution in [0.2, 0.25) is 0 Å². The Morgan fingerprint density at radius 2 is 2.00 bits per heavy atom. The molecule has 1 aromatic heterocycles. The Hall–Kier alpha value is -2.63. The highest BCUT2D eigenvalue weighted by atomic mass is 16.6. The topological polar surface area (TPSA) is 73.3 Å². The SMILES string of the molecule is Cc1nccc(C(=O)Nc2ccc3c(c2)OCCO3)n1. The standard InChI is InChI=1S/C14H13N3O3/c1-9-15-5-4-11(16-9)14(18)17-10-2-3-12-13(8-10)20-7-6-19-12/h2-5,8H,6-7H2,1H3,(H,17,18). The van der Waals surface area contributed by atoms with Crippen molar-refractivity contribution in [2.75, 3.05) is 18.5 Å². The highest BCUT2D eigenvalue weighted by Crippen LogP contribution is 2.32. The second-order valence-electron chi connectivity index (χ2n) is 4.30. The lowest BCUT2D eigenvalue weighted by atomic mass is 10.2. The Balaban J connectivity index is 1.79. The molecule has 1 aliphatic heterocycles. The summed E-state index contributed by atoms with van der Waals surface area (Å²) in [4.78, 5) is 20.1. The van der Waals surface area contributed by atoms with Gasteiger partial charge in [-0.2, -0.15) is 0 Å². The number of nitrogens with one attached hydrogen (secondary N) is 1. The van der Waals surface area contributed by atoms with E-state index in [-0.39, 0.29) is 5.91 Å². The van der Waals surface area contributed by atoms with E-state index in [0.717, 1.165) is 0 Å². The summed E-state index contributed by atoms with van der Waals surface area (Å²) in [6, 6.07) is 6.84. The predicted molar refractivity (Wildman–Crippen MR) is 72.2 cm³/mol. The van der Waals surface area contributed by atoms with Crippen molar-refractivity contribution in [1.29, 1.82) is 0 Å². The van der Waals surface area contributed by atoms with Gasteiger partial charge in [-0.25, -0.2) is 9.97 Å². The summed E-state index contributed by atoms with van der Waals surface area (Å²) in [6.45, 7) is 2.79. The Kier molecular flexibility index (Phi) is 3.20. The van der Waals surface area contributed by atoms with Crippen molar-refractivity contribution in [3.8, 4) is 11.5 Å². The normalized spacial score (nSPS) is 12.8. The van der Waals surface area contributed by atoms with Gasteiger partial charge in [0.25, 0.3) is 5.91 Å². The molecule has 1 aliphatic rings. The summed E-state index contributed by atoms with van der Waals surface area (Å²) in [7, 11) is 0. The van der Waals surface area contributed by atoms with Gasteiger partial charge in [0.05, 0.1) is 0 Å². The van der Waals surface area contributed by atoms with Crippen molar-refractivity contribution in [1.82, 2.24) is 9.97 Å². The van der Waals surface area contributed by atoms with Crippen molar-refractivity contribution in [2.45, 2.75) is 6.92 Å². The first-order valence-electron chi connectivity index (χ1n) is 6.23. The maximum absolute atomic E-state index is 12.1. The van der Waals surface area contributed by atoms with Crippen LogP contribution in [0.15, 0.2) is 30.5 Å². The first kappa shape index (κ1) is 12.4. The number of ether oxygens (including phenoxy) is 2. The number of aryl methyl sites for hydroxylation is 1. The molecule has 0 fully saturated rings. The maximum atomic E-state index is 12.1. The highest BCUT2D eigenvalue weighted by Gasteiger charge is 2.14. The Morgan fingerprint density at radius 1 is 1.20 bits per heavy atom. The van der Waals surface area contributed by atoms with E-state index < -0.39 is 0 Å². The van der Waals surface area contributed by atoms with Crippen LogP contribution in [0.25, 0.3) is 0 Å². The Bertz CT molecular complexity index is 658. The number of amides is 1. The molecule has 0 aliphatic carbocycles. The number of carbonyl (C=O) groups excluding carboxylic acids is 1. The van der Waals surface area contributed by atoms with E-state index in [1.165, 1.54) is 0 Å². The van der Waals surface area contributed by atoms with Gasteiger partial charge in [0, 0.05) is 18.0 Å². The predicted octanol–water partition coefficient (Wildman–Crippen LogP) is 1.81. The van der Waals surface area contributed by atoms with Crippen LogP contribution < -0.4 is 14.8 Å². The Labute approximate surface area is 115 Å². The molecule has 3 rings (SSSR count). The molecular formula is C14H13N3O3. The molecule has 2 heterocycles. The van der Waals surface area contributed by atoms with E-state index in [1.807, 2.05) is 0 Å². The number of rotatable bonds is 2. The van der Waals surface area contributed by atoms with Gasteiger partial charge >= 0.3 is 0 Å². The van der Waals surface area contributed by atoms with Crippen LogP contribution in [0.5, 0.6) is 11.5 Å². The zero-order valence-electron chi connectivity index (χ0n) is 10.9. The molecule has 0 radical (unpaired) electrons. The number of nitrogens with zero attached hydrogens (tertiary/aromatic N) is 2. The molecule has 0 bridgehead atoms. The summed E-state index contributed by atoms with van der Waals surface area (Å²) >= 11 is 0. The van der Waals surface area contributed by atoms with Gasteiger partial charge < -0.3 is 14.8 Å². The third-order valence-corrected chi connectivity index (χ3v) is 2.81. The van der Waals surface area contributed by atoms with Crippen LogP contribution in [-0.2, 0) is 0 Å². The van der Waals surface area contributed by atoms with E-state index in [9.17, 15) is 4.79 Å². The number of fused-ring (bicyclic) bond motifs is 1. The van der Waals surface area contributed by atoms with Gasteiger partial charge in [0.1, 0.15) is 24.7 Å². The average Bonchev–Trinajstić information content (AvgIpc) is 2.47. The first-order chi connectivity index (χ1) is 9.72. The van der Waals surface area contributed by atoms with Gasteiger partial charge in [0.15, 0.2) is 11.5 Å². The molecule has 1 N–H and O–H groups in total. The highest BCUT2D eigenvalue weighted by molar-refractivity contribution is 6.02. The van der Waals surface area contributed by atoms with Crippen LogP contribution >= 0.6 is 0 Å².